The summed E-state index contributed by atoms with van der Waals surface area (Å²) in [5.74, 6) is 0. The average Bonchev–Trinajstić information content (AvgIpc) is 3.10. The summed E-state index contributed by atoms with van der Waals surface area (Å²) in [4.78, 5) is 1.48. The van der Waals surface area contributed by atoms with Crippen LogP contribution >= 0.6 is 22.7 Å². The summed E-state index contributed by atoms with van der Waals surface area (Å²) in [6.45, 7) is 0.974. The average molecular weight is 295 g/mol. The molecule has 0 amide bonds. The summed E-state index contributed by atoms with van der Waals surface area (Å²) in [5, 5.41) is 5.65. The van der Waals surface area contributed by atoms with E-state index in [0.29, 0.717) is 12.1 Å². The Balaban J connectivity index is 1.56. The van der Waals surface area contributed by atoms with Crippen LogP contribution in [0.2, 0.25) is 0 Å². The first kappa shape index (κ1) is 13.6. The third-order valence-electron chi connectivity index (χ3n) is 3.89. The molecule has 0 aromatic carbocycles. The Kier molecular flexibility index (Phi) is 4.53. The normalized spacial score (nSPS) is 21.2. The molecular formula is C15H21NOS2. The SMILES string of the molecule is CNC(CCCC1CCCO1)c1cc2sccc2s1. The van der Waals surface area contributed by atoms with Crippen molar-refractivity contribution >= 4 is 32.1 Å². The van der Waals surface area contributed by atoms with E-state index in [9.17, 15) is 0 Å². The fourth-order valence-corrected chi connectivity index (χ4v) is 5.07. The Morgan fingerprint density at radius 2 is 2.42 bits per heavy atom. The predicted molar refractivity (Wildman–Crippen MR) is 84.3 cm³/mol. The van der Waals surface area contributed by atoms with Gasteiger partial charge in [0.05, 0.1) is 6.10 Å². The van der Waals surface area contributed by atoms with Gasteiger partial charge in [0.2, 0.25) is 0 Å². The van der Waals surface area contributed by atoms with Crippen molar-refractivity contribution in [1.82, 2.24) is 5.32 Å². The van der Waals surface area contributed by atoms with E-state index in [2.05, 4.69) is 29.9 Å². The molecule has 0 bridgehead atoms. The smallest absolute Gasteiger partial charge is 0.0576 e. The van der Waals surface area contributed by atoms with Crippen LogP contribution in [0.15, 0.2) is 17.5 Å². The third kappa shape index (κ3) is 3.19. The molecule has 1 fully saturated rings. The molecule has 4 heteroatoms. The van der Waals surface area contributed by atoms with E-state index in [1.807, 2.05) is 22.7 Å². The van der Waals surface area contributed by atoms with Crippen LogP contribution in [0, 0.1) is 0 Å². The van der Waals surface area contributed by atoms with Crippen molar-refractivity contribution in [2.24, 2.45) is 0 Å². The molecule has 2 aromatic heterocycles. The molecule has 19 heavy (non-hydrogen) atoms. The minimum absolute atomic E-state index is 0.506. The van der Waals surface area contributed by atoms with Crippen molar-refractivity contribution in [3.05, 3.63) is 22.4 Å². The first-order valence-corrected chi connectivity index (χ1v) is 8.82. The van der Waals surface area contributed by atoms with E-state index in [-0.39, 0.29) is 0 Å². The summed E-state index contributed by atoms with van der Waals surface area (Å²) >= 11 is 3.78. The van der Waals surface area contributed by atoms with Crippen molar-refractivity contribution in [3.8, 4) is 0 Å². The fourth-order valence-electron chi connectivity index (χ4n) is 2.81. The van der Waals surface area contributed by atoms with Gasteiger partial charge in [-0.1, -0.05) is 0 Å². The van der Waals surface area contributed by atoms with Crippen LogP contribution in [-0.4, -0.2) is 19.8 Å². The highest BCUT2D eigenvalue weighted by Gasteiger charge is 2.17. The lowest BCUT2D eigenvalue weighted by Gasteiger charge is -2.15. The molecule has 0 spiro atoms. The number of ether oxygens (including phenoxy) is 1. The lowest BCUT2D eigenvalue weighted by atomic mass is 10.0. The van der Waals surface area contributed by atoms with Crippen LogP contribution < -0.4 is 5.32 Å². The van der Waals surface area contributed by atoms with Crippen LogP contribution in [-0.2, 0) is 4.74 Å². The first-order chi connectivity index (χ1) is 9.36. The first-order valence-electron chi connectivity index (χ1n) is 7.12. The number of hydrogen-bond acceptors (Lipinski definition) is 4. The van der Waals surface area contributed by atoms with Gasteiger partial charge in [-0.25, -0.2) is 0 Å². The fraction of sp³-hybridized carbons (Fsp3) is 0.600. The van der Waals surface area contributed by atoms with Crippen molar-refractivity contribution in [1.29, 1.82) is 0 Å². The second kappa shape index (κ2) is 6.35. The number of fused-ring (bicyclic) bond motifs is 1. The highest BCUT2D eigenvalue weighted by Crippen LogP contribution is 2.35. The molecule has 1 N–H and O–H groups in total. The van der Waals surface area contributed by atoms with Gasteiger partial charge in [0, 0.05) is 26.9 Å². The minimum atomic E-state index is 0.506. The molecular weight excluding hydrogens is 274 g/mol. The molecule has 0 aliphatic carbocycles. The van der Waals surface area contributed by atoms with Gasteiger partial charge in [0.25, 0.3) is 0 Å². The van der Waals surface area contributed by atoms with Crippen LogP contribution in [0.3, 0.4) is 0 Å². The monoisotopic (exact) mass is 295 g/mol. The van der Waals surface area contributed by atoms with Crippen LogP contribution in [0.4, 0.5) is 0 Å². The summed E-state index contributed by atoms with van der Waals surface area (Å²) in [6, 6.07) is 5.09. The number of hydrogen-bond donors (Lipinski definition) is 1. The van der Waals surface area contributed by atoms with Crippen LogP contribution in [0.5, 0.6) is 0 Å². The van der Waals surface area contributed by atoms with Crippen molar-refractivity contribution in [2.45, 2.75) is 44.2 Å². The molecule has 3 heterocycles. The molecule has 0 saturated carbocycles. The zero-order valence-corrected chi connectivity index (χ0v) is 13.0. The molecule has 2 atom stereocenters. The lowest BCUT2D eigenvalue weighted by Crippen LogP contribution is -2.16. The highest BCUT2D eigenvalue weighted by molar-refractivity contribution is 7.26. The Morgan fingerprint density at radius 3 is 3.16 bits per heavy atom. The van der Waals surface area contributed by atoms with E-state index < -0.39 is 0 Å². The minimum Gasteiger partial charge on any atom is -0.378 e. The molecule has 2 aromatic rings. The quantitative estimate of drug-likeness (QED) is 0.842. The van der Waals surface area contributed by atoms with Crippen molar-refractivity contribution in [3.63, 3.8) is 0 Å². The second-order valence-corrected chi connectivity index (χ2v) is 7.27. The molecule has 2 nitrogen and oxygen atoms in total. The largest absolute Gasteiger partial charge is 0.378 e. The summed E-state index contributed by atoms with van der Waals surface area (Å²) in [5.41, 5.74) is 0. The van der Waals surface area contributed by atoms with Gasteiger partial charge < -0.3 is 10.1 Å². The Hall–Kier alpha value is -0.420. The Morgan fingerprint density at radius 1 is 1.47 bits per heavy atom. The molecule has 2 unspecified atom stereocenters. The van der Waals surface area contributed by atoms with Crippen molar-refractivity contribution in [2.75, 3.05) is 13.7 Å². The maximum Gasteiger partial charge on any atom is 0.0576 e. The van der Waals surface area contributed by atoms with E-state index in [0.717, 1.165) is 6.61 Å². The summed E-state index contributed by atoms with van der Waals surface area (Å²) in [7, 11) is 2.07. The molecule has 1 aliphatic heterocycles. The Labute approximate surface area is 122 Å². The van der Waals surface area contributed by atoms with E-state index in [4.69, 9.17) is 4.74 Å². The van der Waals surface area contributed by atoms with Gasteiger partial charge in [-0.15, -0.1) is 22.7 Å². The molecule has 104 valence electrons. The van der Waals surface area contributed by atoms with E-state index in [1.54, 1.807) is 0 Å². The van der Waals surface area contributed by atoms with Gasteiger partial charge in [0.15, 0.2) is 0 Å². The van der Waals surface area contributed by atoms with Crippen molar-refractivity contribution < 1.29 is 4.74 Å². The van der Waals surface area contributed by atoms with Crippen LogP contribution in [0.25, 0.3) is 9.40 Å². The van der Waals surface area contributed by atoms with Gasteiger partial charge in [-0.3, -0.25) is 0 Å². The number of nitrogens with one attached hydrogen (secondary N) is 1. The number of rotatable bonds is 6. The molecule has 0 radical (unpaired) electrons. The molecule has 1 saturated heterocycles. The maximum absolute atomic E-state index is 5.69. The maximum atomic E-state index is 5.69. The lowest BCUT2D eigenvalue weighted by molar-refractivity contribution is 0.101. The molecule has 3 rings (SSSR count). The third-order valence-corrected chi connectivity index (χ3v) is 6.10. The van der Waals surface area contributed by atoms with E-state index >= 15 is 0 Å². The van der Waals surface area contributed by atoms with Gasteiger partial charge >= 0.3 is 0 Å². The second-order valence-electron chi connectivity index (χ2n) is 5.21. The summed E-state index contributed by atoms with van der Waals surface area (Å²) < 4.78 is 8.55. The topological polar surface area (TPSA) is 21.3 Å². The summed E-state index contributed by atoms with van der Waals surface area (Å²) in [6.07, 6.45) is 6.73. The number of thiophene rings is 2. The van der Waals surface area contributed by atoms with Gasteiger partial charge in [-0.2, -0.15) is 0 Å². The molecule has 1 aliphatic rings. The van der Waals surface area contributed by atoms with E-state index in [1.165, 1.54) is 46.4 Å². The highest BCUT2D eigenvalue weighted by atomic mass is 32.1. The van der Waals surface area contributed by atoms with Crippen LogP contribution in [0.1, 0.15) is 43.0 Å². The Bertz CT molecular complexity index is 484. The van der Waals surface area contributed by atoms with Gasteiger partial charge in [0.1, 0.15) is 0 Å². The van der Waals surface area contributed by atoms with Gasteiger partial charge in [-0.05, 0) is 56.7 Å². The standard InChI is InChI=1S/C15H21NOS2/c1-16-12(6-2-4-11-5-3-8-17-11)14-10-15-13(19-14)7-9-18-15/h7,9-12,16H,2-6,8H2,1H3. The zero-order valence-electron chi connectivity index (χ0n) is 11.4. The zero-order chi connectivity index (χ0) is 13.1. The predicted octanol–water partition coefficient (Wildman–Crippen LogP) is 4.57.